The monoisotopic (exact) mass is 219 g/mol. The molecule has 1 N–H and O–H groups in total. The van der Waals surface area contributed by atoms with Gasteiger partial charge in [0.05, 0.1) is 6.61 Å². The minimum Gasteiger partial charge on any atom is -0.383 e. The third kappa shape index (κ3) is 3.06. The highest BCUT2D eigenvalue weighted by molar-refractivity contribution is 5.33. The van der Waals surface area contributed by atoms with Crippen molar-refractivity contribution >= 4 is 0 Å². The Kier molecular flexibility index (Phi) is 3.97. The summed E-state index contributed by atoms with van der Waals surface area (Å²) >= 11 is 0. The Morgan fingerprint density at radius 1 is 1.38 bits per heavy atom. The second kappa shape index (κ2) is 5.46. The second-order valence-electron chi connectivity index (χ2n) is 4.71. The smallest absolute Gasteiger partial charge is 0.0613 e. The molecule has 0 amide bonds. The highest BCUT2D eigenvalue weighted by atomic mass is 16.5. The van der Waals surface area contributed by atoms with Crippen molar-refractivity contribution in [2.75, 3.05) is 13.7 Å². The van der Waals surface area contributed by atoms with Gasteiger partial charge in [0.1, 0.15) is 0 Å². The quantitative estimate of drug-likeness (QED) is 0.794. The van der Waals surface area contributed by atoms with Crippen LogP contribution in [0.2, 0.25) is 0 Å². The summed E-state index contributed by atoms with van der Waals surface area (Å²) < 4.78 is 5.12. The molecule has 2 heteroatoms. The fourth-order valence-electron chi connectivity index (χ4n) is 2.08. The van der Waals surface area contributed by atoms with Crippen molar-refractivity contribution < 1.29 is 4.74 Å². The van der Waals surface area contributed by atoms with Gasteiger partial charge in [0.2, 0.25) is 0 Å². The summed E-state index contributed by atoms with van der Waals surface area (Å²) in [5.41, 5.74) is 2.99. The lowest BCUT2D eigenvalue weighted by molar-refractivity contribution is 0.171. The highest BCUT2D eigenvalue weighted by Crippen LogP contribution is 2.41. The summed E-state index contributed by atoms with van der Waals surface area (Å²) in [5.74, 6) is 0.829. The molecule has 0 saturated heterocycles. The topological polar surface area (TPSA) is 21.3 Å². The van der Waals surface area contributed by atoms with Crippen LogP contribution in [-0.2, 0) is 11.3 Å². The van der Waals surface area contributed by atoms with Crippen LogP contribution in [0.5, 0.6) is 0 Å². The molecule has 0 radical (unpaired) electrons. The number of rotatable bonds is 6. The molecule has 2 nitrogen and oxygen atoms in total. The Balaban J connectivity index is 1.93. The first-order chi connectivity index (χ1) is 7.81. The van der Waals surface area contributed by atoms with E-state index in [-0.39, 0.29) is 0 Å². The van der Waals surface area contributed by atoms with Crippen LogP contribution in [0.15, 0.2) is 24.3 Å². The lowest BCUT2D eigenvalue weighted by Crippen LogP contribution is -2.29. The molecule has 0 spiro atoms. The molecular formula is C14H21NO. The van der Waals surface area contributed by atoms with Crippen molar-refractivity contribution in [2.45, 2.75) is 38.3 Å². The maximum atomic E-state index is 5.12. The summed E-state index contributed by atoms with van der Waals surface area (Å²) in [5, 5.41) is 3.50. The molecule has 2 rings (SSSR count). The number of nitrogens with one attached hydrogen (secondary N) is 1. The van der Waals surface area contributed by atoms with E-state index < -0.39 is 0 Å². The molecule has 1 aliphatic rings. The minimum absolute atomic E-state index is 0.414. The van der Waals surface area contributed by atoms with Crippen LogP contribution in [0.25, 0.3) is 0 Å². The van der Waals surface area contributed by atoms with E-state index in [1.807, 2.05) is 0 Å². The number of hydrogen-bond acceptors (Lipinski definition) is 2. The Hall–Kier alpha value is -0.860. The average molecular weight is 219 g/mol. The third-order valence-corrected chi connectivity index (χ3v) is 3.13. The van der Waals surface area contributed by atoms with E-state index in [0.29, 0.717) is 6.04 Å². The molecular weight excluding hydrogens is 198 g/mol. The van der Waals surface area contributed by atoms with Gasteiger partial charge >= 0.3 is 0 Å². The number of ether oxygens (including phenoxy) is 1. The van der Waals surface area contributed by atoms with E-state index >= 15 is 0 Å². The van der Waals surface area contributed by atoms with Gasteiger partial charge in [0.25, 0.3) is 0 Å². The molecule has 16 heavy (non-hydrogen) atoms. The molecule has 0 bridgehead atoms. The number of methoxy groups -OCH3 is 1. The fraction of sp³-hybridized carbons (Fsp3) is 0.571. The van der Waals surface area contributed by atoms with Crippen molar-refractivity contribution in [3.8, 4) is 0 Å². The molecule has 88 valence electrons. The van der Waals surface area contributed by atoms with Crippen LogP contribution < -0.4 is 5.32 Å². The van der Waals surface area contributed by atoms with Gasteiger partial charge in [-0.3, -0.25) is 0 Å². The van der Waals surface area contributed by atoms with Crippen molar-refractivity contribution in [2.24, 2.45) is 0 Å². The average Bonchev–Trinajstić information content (AvgIpc) is 3.11. The molecule has 1 aromatic rings. The lowest BCUT2D eigenvalue weighted by atomic mass is 10.0. The summed E-state index contributed by atoms with van der Waals surface area (Å²) in [6.45, 7) is 3.88. The summed E-state index contributed by atoms with van der Waals surface area (Å²) in [6.07, 6.45) is 2.73. The zero-order valence-electron chi connectivity index (χ0n) is 10.2. The maximum Gasteiger partial charge on any atom is 0.0613 e. The third-order valence-electron chi connectivity index (χ3n) is 3.13. The molecule has 1 saturated carbocycles. The van der Waals surface area contributed by atoms with Crippen LogP contribution in [0.3, 0.4) is 0 Å². The summed E-state index contributed by atoms with van der Waals surface area (Å²) in [4.78, 5) is 0. The SMILES string of the molecule is COCC(C)NCc1ccccc1C1CC1. The molecule has 1 aromatic carbocycles. The number of benzene rings is 1. The zero-order chi connectivity index (χ0) is 11.4. The Bertz CT molecular complexity index is 333. The summed E-state index contributed by atoms with van der Waals surface area (Å²) in [7, 11) is 1.75. The van der Waals surface area contributed by atoms with Crippen molar-refractivity contribution in [1.82, 2.24) is 5.32 Å². The Labute approximate surface area is 98.0 Å². The normalized spacial score (nSPS) is 17.4. The predicted molar refractivity (Wildman–Crippen MR) is 66.6 cm³/mol. The van der Waals surface area contributed by atoms with Crippen molar-refractivity contribution in [3.05, 3.63) is 35.4 Å². The van der Waals surface area contributed by atoms with Crippen LogP contribution in [0, 0.1) is 0 Å². The molecule has 1 unspecified atom stereocenters. The standard InChI is InChI=1S/C14H21NO/c1-11(10-16-2)15-9-13-5-3-4-6-14(13)12-7-8-12/h3-6,11-12,15H,7-10H2,1-2H3. The van der Waals surface area contributed by atoms with Gasteiger partial charge in [-0.05, 0) is 36.8 Å². The maximum absolute atomic E-state index is 5.12. The Morgan fingerprint density at radius 2 is 2.12 bits per heavy atom. The molecule has 0 aromatic heterocycles. The number of hydrogen-bond donors (Lipinski definition) is 1. The van der Waals surface area contributed by atoms with Crippen LogP contribution in [-0.4, -0.2) is 19.8 Å². The van der Waals surface area contributed by atoms with E-state index in [1.165, 1.54) is 18.4 Å². The van der Waals surface area contributed by atoms with Gasteiger partial charge in [-0.15, -0.1) is 0 Å². The largest absolute Gasteiger partial charge is 0.383 e. The zero-order valence-corrected chi connectivity index (χ0v) is 10.2. The van der Waals surface area contributed by atoms with E-state index in [2.05, 4.69) is 36.5 Å². The molecule has 0 heterocycles. The first-order valence-corrected chi connectivity index (χ1v) is 6.11. The van der Waals surface area contributed by atoms with E-state index in [9.17, 15) is 0 Å². The first kappa shape index (κ1) is 11.6. The van der Waals surface area contributed by atoms with Crippen molar-refractivity contribution in [3.63, 3.8) is 0 Å². The fourth-order valence-corrected chi connectivity index (χ4v) is 2.08. The van der Waals surface area contributed by atoms with Gasteiger partial charge in [-0.25, -0.2) is 0 Å². The molecule has 0 aliphatic heterocycles. The van der Waals surface area contributed by atoms with Gasteiger partial charge in [0.15, 0.2) is 0 Å². The molecule has 1 aliphatic carbocycles. The van der Waals surface area contributed by atoms with Gasteiger partial charge in [0, 0.05) is 19.7 Å². The van der Waals surface area contributed by atoms with Crippen LogP contribution >= 0.6 is 0 Å². The van der Waals surface area contributed by atoms with Crippen LogP contribution in [0.4, 0.5) is 0 Å². The van der Waals surface area contributed by atoms with Crippen LogP contribution in [0.1, 0.15) is 36.8 Å². The van der Waals surface area contributed by atoms with E-state index in [4.69, 9.17) is 4.74 Å². The minimum atomic E-state index is 0.414. The lowest BCUT2D eigenvalue weighted by Gasteiger charge is -2.14. The molecule has 1 atom stereocenters. The predicted octanol–water partition coefficient (Wildman–Crippen LogP) is 2.69. The van der Waals surface area contributed by atoms with Gasteiger partial charge < -0.3 is 10.1 Å². The van der Waals surface area contributed by atoms with Gasteiger partial charge in [-0.1, -0.05) is 24.3 Å². The van der Waals surface area contributed by atoms with E-state index in [0.717, 1.165) is 19.1 Å². The molecule has 1 fully saturated rings. The second-order valence-corrected chi connectivity index (χ2v) is 4.71. The van der Waals surface area contributed by atoms with E-state index in [1.54, 1.807) is 12.7 Å². The van der Waals surface area contributed by atoms with Crippen molar-refractivity contribution in [1.29, 1.82) is 0 Å². The summed E-state index contributed by atoms with van der Waals surface area (Å²) in [6, 6.07) is 9.20. The Morgan fingerprint density at radius 3 is 2.81 bits per heavy atom. The van der Waals surface area contributed by atoms with Gasteiger partial charge in [-0.2, -0.15) is 0 Å². The highest BCUT2D eigenvalue weighted by Gasteiger charge is 2.25. The first-order valence-electron chi connectivity index (χ1n) is 6.11.